The lowest BCUT2D eigenvalue weighted by Gasteiger charge is -2.35. The molecule has 3 heterocycles. The van der Waals surface area contributed by atoms with Gasteiger partial charge in [0, 0.05) is 25.7 Å². The van der Waals surface area contributed by atoms with Gasteiger partial charge in [0.15, 0.2) is 0 Å². The third-order valence-electron chi connectivity index (χ3n) is 6.11. The van der Waals surface area contributed by atoms with Gasteiger partial charge in [-0.25, -0.2) is 0 Å². The number of piperidine rings is 1. The Balaban J connectivity index is 1.54. The molecule has 0 aromatic heterocycles. The normalized spacial score (nSPS) is 29.3. The van der Waals surface area contributed by atoms with Crippen molar-refractivity contribution < 1.29 is 4.79 Å². The van der Waals surface area contributed by atoms with Crippen LogP contribution < -0.4 is 0 Å². The summed E-state index contributed by atoms with van der Waals surface area (Å²) in [5.41, 5.74) is 1.03. The van der Waals surface area contributed by atoms with E-state index in [1.54, 1.807) is 0 Å². The van der Waals surface area contributed by atoms with E-state index in [4.69, 9.17) is 0 Å². The summed E-state index contributed by atoms with van der Waals surface area (Å²) in [5.74, 6) is 1.08. The summed E-state index contributed by atoms with van der Waals surface area (Å²) in [5, 5.41) is 0. The van der Waals surface area contributed by atoms with E-state index in [1.165, 1.54) is 37.9 Å². The molecule has 1 aromatic rings. The standard InChI is InChI=1S/C20H28N2O/c1-2-12-21-13-16-8-9-18(21)15-22(14-16)19(23)20(10-11-20)17-6-4-3-5-7-17/h3-7,16,18H,2,8-15H2,1H3/t16-,18-/m0/s1. The molecule has 0 unspecified atom stereocenters. The van der Waals surface area contributed by atoms with Crippen LogP contribution in [0, 0.1) is 5.92 Å². The lowest BCUT2D eigenvalue weighted by atomic mass is 9.94. The Morgan fingerprint density at radius 1 is 1.13 bits per heavy atom. The minimum Gasteiger partial charge on any atom is -0.340 e. The van der Waals surface area contributed by atoms with Crippen molar-refractivity contribution in [1.29, 1.82) is 0 Å². The molecule has 4 fully saturated rings. The predicted octanol–water partition coefficient (Wildman–Crippen LogP) is 3.05. The van der Waals surface area contributed by atoms with Crippen LogP contribution >= 0.6 is 0 Å². The molecule has 0 spiro atoms. The van der Waals surface area contributed by atoms with Crippen molar-refractivity contribution in [1.82, 2.24) is 9.80 Å². The molecule has 1 aromatic carbocycles. The molecule has 0 N–H and O–H groups in total. The SMILES string of the molecule is CCCN1C[C@@H]2CC[C@H]1CN(C(=O)C1(c3ccccc3)CC1)C2. The minimum atomic E-state index is -0.194. The van der Waals surface area contributed by atoms with E-state index in [2.05, 4.69) is 41.0 Å². The number of fused-ring (bicyclic) bond motifs is 4. The van der Waals surface area contributed by atoms with Crippen LogP contribution in [0.2, 0.25) is 0 Å². The molecule has 1 aliphatic carbocycles. The summed E-state index contributed by atoms with van der Waals surface area (Å²) in [6, 6.07) is 11.0. The number of rotatable bonds is 4. The van der Waals surface area contributed by atoms with Gasteiger partial charge in [-0.15, -0.1) is 0 Å². The van der Waals surface area contributed by atoms with Crippen molar-refractivity contribution in [2.75, 3.05) is 26.2 Å². The van der Waals surface area contributed by atoms with Crippen molar-refractivity contribution in [2.45, 2.75) is 50.5 Å². The molecule has 23 heavy (non-hydrogen) atoms. The fourth-order valence-electron chi connectivity index (χ4n) is 4.72. The maximum atomic E-state index is 13.3. The Morgan fingerprint density at radius 2 is 1.91 bits per heavy atom. The highest BCUT2D eigenvalue weighted by atomic mass is 16.2. The molecule has 2 bridgehead atoms. The third kappa shape index (κ3) is 2.69. The van der Waals surface area contributed by atoms with E-state index in [9.17, 15) is 4.79 Å². The first-order chi connectivity index (χ1) is 11.2. The second-order valence-electron chi connectivity index (χ2n) is 7.75. The second-order valence-corrected chi connectivity index (χ2v) is 7.75. The molecule has 3 aliphatic heterocycles. The first kappa shape index (κ1) is 15.2. The van der Waals surface area contributed by atoms with Gasteiger partial charge in [-0.2, -0.15) is 0 Å². The van der Waals surface area contributed by atoms with Gasteiger partial charge in [-0.3, -0.25) is 9.69 Å². The summed E-state index contributed by atoms with van der Waals surface area (Å²) in [4.78, 5) is 18.2. The zero-order valence-corrected chi connectivity index (χ0v) is 14.2. The van der Waals surface area contributed by atoms with Crippen LogP contribution in [0.3, 0.4) is 0 Å². The molecule has 0 radical (unpaired) electrons. The number of hydrogen-bond donors (Lipinski definition) is 0. The third-order valence-corrected chi connectivity index (χ3v) is 6.11. The largest absolute Gasteiger partial charge is 0.340 e. The fraction of sp³-hybridized carbons (Fsp3) is 0.650. The number of amides is 1. The molecule has 1 amide bonds. The predicted molar refractivity (Wildman–Crippen MR) is 92.3 cm³/mol. The Kier molecular flexibility index (Phi) is 3.92. The zero-order chi connectivity index (χ0) is 15.9. The Labute approximate surface area is 139 Å². The van der Waals surface area contributed by atoms with Crippen molar-refractivity contribution >= 4 is 5.91 Å². The average molecular weight is 312 g/mol. The molecule has 2 atom stereocenters. The lowest BCUT2D eigenvalue weighted by molar-refractivity contribution is -0.134. The highest BCUT2D eigenvalue weighted by Crippen LogP contribution is 2.50. The highest BCUT2D eigenvalue weighted by molar-refractivity contribution is 5.91. The molecule has 3 saturated heterocycles. The van der Waals surface area contributed by atoms with E-state index >= 15 is 0 Å². The molecule has 5 rings (SSSR count). The van der Waals surface area contributed by atoms with E-state index in [-0.39, 0.29) is 5.41 Å². The van der Waals surface area contributed by atoms with Gasteiger partial charge < -0.3 is 4.90 Å². The zero-order valence-electron chi connectivity index (χ0n) is 14.2. The average Bonchev–Trinajstić information content (AvgIpc) is 3.41. The molecule has 4 aliphatic rings. The van der Waals surface area contributed by atoms with Crippen molar-refractivity contribution in [3.05, 3.63) is 35.9 Å². The van der Waals surface area contributed by atoms with E-state index in [0.29, 0.717) is 17.9 Å². The van der Waals surface area contributed by atoms with Crippen LogP contribution in [-0.4, -0.2) is 47.9 Å². The summed E-state index contributed by atoms with van der Waals surface area (Å²) in [6.07, 6.45) is 5.84. The van der Waals surface area contributed by atoms with Crippen molar-refractivity contribution in [3.8, 4) is 0 Å². The molecular weight excluding hydrogens is 284 g/mol. The van der Waals surface area contributed by atoms with Crippen LogP contribution in [0.15, 0.2) is 30.3 Å². The number of carbonyl (C=O) groups excluding carboxylic acids is 1. The van der Waals surface area contributed by atoms with Crippen LogP contribution in [0.5, 0.6) is 0 Å². The van der Waals surface area contributed by atoms with E-state index in [1.807, 2.05) is 6.07 Å². The second kappa shape index (κ2) is 5.94. The van der Waals surface area contributed by atoms with Crippen molar-refractivity contribution in [2.24, 2.45) is 5.92 Å². The Hall–Kier alpha value is -1.35. The monoisotopic (exact) mass is 312 g/mol. The molecule has 124 valence electrons. The van der Waals surface area contributed by atoms with E-state index < -0.39 is 0 Å². The quantitative estimate of drug-likeness (QED) is 0.853. The summed E-state index contributed by atoms with van der Waals surface area (Å²) < 4.78 is 0. The van der Waals surface area contributed by atoms with Crippen molar-refractivity contribution in [3.63, 3.8) is 0 Å². The molecule has 3 nitrogen and oxygen atoms in total. The maximum absolute atomic E-state index is 13.3. The first-order valence-corrected chi connectivity index (χ1v) is 9.32. The number of hydrogen-bond acceptors (Lipinski definition) is 2. The number of carbonyl (C=O) groups is 1. The number of nitrogens with zero attached hydrogens (tertiary/aromatic N) is 2. The molecule has 1 saturated carbocycles. The summed E-state index contributed by atoms with van der Waals surface area (Å²) >= 11 is 0. The van der Waals surface area contributed by atoms with Gasteiger partial charge in [0.05, 0.1) is 5.41 Å². The van der Waals surface area contributed by atoms with Crippen LogP contribution in [-0.2, 0) is 10.2 Å². The molecule has 3 heteroatoms. The van der Waals surface area contributed by atoms with Gasteiger partial charge in [0.2, 0.25) is 5.91 Å². The van der Waals surface area contributed by atoms with Gasteiger partial charge in [0.1, 0.15) is 0 Å². The summed E-state index contributed by atoms with van der Waals surface area (Å²) in [6.45, 7) is 6.57. The summed E-state index contributed by atoms with van der Waals surface area (Å²) in [7, 11) is 0. The van der Waals surface area contributed by atoms with Gasteiger partial charge in [-0.1, -0.05) is 37.3 Å². The van der Waals surface area contributed by atoms with Crippen LogP contribution in [0.25, 0.3) is 0 Å². The van der Waals surface area contributed by atoms with Crippen LogP contribution in [0.1, 0.15) is 44.6 Å². The highest BCUT2D eigenvalue weighted by Gasteiger charge is 2.54. The smallest absolute Gasteiger partial charge is 0.233 e. The minimum absolute atomic E-state index is 0.194. The van der Waals surface area contributed by atoms with Crippen LogP contribution in [0.4, 0.5) is 0 Å². The molecular formula is C20H28N2O. The number of benzene rings is 1. The van der Waals surface area contributed by atoms with Gasteiger partial charge in [0.25, 0.3) is 0 Å². The van der Waals surface area contributed by atoms with E-state index in [0.717, 1.165) is 25.9 Å². The maximum Gasteiger partial charge on any atom is 0.233 e. The lowest BCUT2D eigenvalue weighted by Crippen LogP contribution is -2.46. The fourth-order valence-corrected chi connectivity index (χ4v) is 4.72. The van der Waals surface area contributed by atoms with Gasteiger partial charge >= 0.3 is 0 Å². The van der Waals surface area contributed by atoms with Gasteiger partial charge in [-0.05, 0) is 50.1 Å². The Bertz CT molecular complexity index is 566. The topological polar surface area (TPSA) is 23.6 Å². The Morgan fingerprint density at radius 3 is 2.61 bits per heavy atom. The first-order valence-electron chi connectivity index (χ1n) is 9.32.